The van der Waals surface area contributed by atoms with Crippen molar-refractivity contribution in [1.29, 1.82) is 0 Å². The Morgan fingerprint density at radius 1 is 0.906 bits per heavy atom. The Bertz CT molecular complexity index is 916. The van der Waals surface area contributed by atoms with Gasteiger partial charge < -0.3 is 21.1 Å². The molecule has 0 saturated carbocycles. The number of carbonyl (C=O) groups excluding carboxylic acids is 3. The van der Waals surface area contributed by atoms with Crippen molar-refractivity contribution in [3.05, 3.63) is 65.2 Å². The summed E-state index contributed by atoms with van der Waals surface area (Å²) < 4.78 is 0. The van der Waals surface area contributed by atoms with Gasteiger partial charge in [0.2, 0.25) is 17.7 Å². The molecule has 0 saturated heterocycles. The molecular formula is C25H33N3O4. The predicted octanol–water partition coefficient (Wildman–Crippen LogP) is 2.21. The van der Waals surface area contributed by atoms with E-state index in [1.807, 2.05) is 0 Å². The second-order valence-electron chi connectivity index (χ2n) is 8.89. The molecule has 0 unspecified atom stereocenters. The van der Waals surface area contributed by atoms with E-state index >= 15 is 0 Å². The Morgan fingerprint density at radius 2 is 1.50 bits per heavy atom. The van der Waals surface area contributed by atoms with E-state index in [9.17, 15) is 19.5 Å². The molecule has 3 amide bonds. The Balaban J connectivity index is 1.97. The van der Waals surface area contributed by atoms with Crippen LogP contribution in [0.25, 0.3) is 0 Å². The number of carbonyl (C=O) groups is 3. The largest absolute Gasteiger partial charge is 0.508 e. The Labute approximate surface area is 189 Å². The quantitative estimate of drug-likeness (QED) is 0.480. The highest BCUT2D eigenvalue weighted by Crippen LogP contribution is 2.22. The van der Waals surface area contributed by atoms with Crippen LogP contribution in [0.3, 0.4) is 0 Å². The molecule has 0 aromatic heterocycles. The first-order valence-corrected chi connectivity index (χ1v) is 10.7. The zero-order valence-electron chi connectivity index (χ0n) is 19.2. The van der Waals surface area contributed by atoms with Gasteiger partial charge in [0, 0.05) is 19.9 Å². The Kier molecular flexibility index (Phi) is 8.81. The third kappa shape index (κ3) is 8.41. The van der Waals surface area contributed by atoms with Crippen molar-refractivity contribution in [2.24, 2.45) is 0 Å². The van der Waals surface area contributed by atoms with Gasteiger partial charge in [-0.3, -0.25) is 14.4 Å². The van der Waals surface area contributed by atoms with Crippen molar-refractivity contribution in [3.8, 4) is 5.75 Å². The molecule has 2 rings (SSSR count). The number of hydrogen-bond donors (Lipinski definition) is 4. The maximum absolute atomic E-state index is 12.8. The molecule has 7 nitrogen and oxygen atoms in total. The molecule has 0 radical (unpaired) electrons. The molecular weight excluding hydrogens is 406 g/mol. The van der Waals surface area contributed by atoms with E-state index in [4.69, 9.17) is 0 Å². The van der Waals surface area contributed by atoms with Crippen LogP contribution in [-0.4, -0.2) is 42.0 Å². The van der Waals surface area contributed by atoms with Crippen molar-refractivity contribution in [2.75, 3.05) is 13.1 Å². The third-order valence-corrected chi connectivity index (χ3v) is 5.06. The average Bonchev–Trinajstić information content (AvgIpc) is 2.73. The minimum Gasteiger partial charge on any atom is -0.508 e. The van der Waals surface area contributed by atoms with Crippen LogP contribution >= 0.6 is 0 Å². The molecule has 0 aliphatic rings. The minimum atomic E-state index is -0.802. The van der Waals surface area contributed by atoms with Crippen molar-refractivity contribution < 1.29 is 19.5 Å². The van der Waals surface area contributed by atoms with Crippen LogP contribution in [0, 0.1) is 0 Å². The molecule has 172 valence electrons. The molecule has 2 aromatic carbocycles. The topological polar surface area (TPSA) is 108 Å². The zero-order chi connectivity index (χ0) is 23.7. The van der Waals surface area contributed by atoms with E-state index in [2.05, 4.69) is 61.0 Å². The van der Waals surface area contributed by atoms with E-state index < -0.39 is 11.9 Å². The van der Waals surface area contributed by atoms with E-state index in [1.165, 1.54) is 24.6 Å². The lowest BCUT2D eigenvalue weighted by atomic mass is 9.86. The molecule has 0 heterocycles. The summed E-state index contributed by atoms with van der Waals surface area (Å²) in [5.41, 5.74) is 3.24. The number of aromatic hydroxyl groups is 1. The van der Waals surface area contributed by atoms with Gasteiger partial charge in [0.15, 0.2) is 0 Å². The van der Waals surface area contributed by atoms with Crippen LogP contribution in [-0.2, 0) is 32.6 Å². The number of phenolic OH excluding ortho intramolecular Hbond substituents is 1. The SMILES string of the molecule is CC(=O)NCC(=O)N[C@@H](Cc1ccc(O)cc1)C(=O)NCCc1ccc(C(C)(C)C)cc1. The smallest absolute Gasteiger partial charge is 0.242 e. The highest BCUT2D eigenvalue weighted by molar-refractivity contribution is 5.90. The van der Waals surface area contributed by atoms with Crippen molar-refractivity contribution in [3.63, 3.8) is 0 Å². The Morgan fingerprint density at radius 3 is 2.06 bits per heavy atom. The van der Waals surface area contributed by atoms with Crippen LogP contribution in [0.4, 0.5) is 0 Å². The van der Waals surface area contributed by atoms with Crippen LogP contribution in [0.1, 0.15) is 44.4 Å². The zero-order valence-corrected chi connectivity index (χ0v) is 19.2. The lowest BCUT2D eigenvalue weighted by Crippen LogP contribution is -2.50. The molecule has 0 aliphatic heterocycles. The average molecular weight is 440 g/mol. The second kappa shape index (κ2) is 11.3. The fourth-order valence-corrected chi connectivity index (χ4v) is 3.15. The highest BCUT2D eigenvalue weighted by Gasteiger charge is 2.21. The number of rotatable bonds is 9. The van der Waals surface area contributed by atoms with Crippen molar-refractivity contribution in [1.82, 2.24) is 16.0 Å². The summed E-state index contributed by atoms with van der Waals surface area (Å²) in [5, 5.41) is 17.5. The van der Waals surface area contributed by atoms with Gasteiger partial charge in [-0.1, -0.05) is 57.2 Å². The van der Waals surface area contributed by atoms with Gasteiger partial charge in [-0.25, -0.2) is 0 Å². The van der Waals surface area contributed by atoms with Gasteiger partial charge in [-0.05, 0) is 40.7 Å². The van der Waals surface area contributed by atoms with Gasteiger partial charge in [-0.15, -0.1) is 0 Å². The lowest BCUT2D eigenvalue weighted by Gasteiger charge is -2.20. The second-order valence-corrected chi connectivity index (χ2v) is 8.89. The molecule has 0 bridgehead atoms. The monoisotopic (exact) mass is 439 g/mol. The summed E-state index contributed by atoms with van der Waals surface area (Å²) in [7, 11) is 0. The van der Waals surface area contributed by atoms with Crippen LogP contribution in [0.2, 0.25) is 0 Å². The fourth-order valence-electron chi connectivity index (χ4n) is 3.15. The summed E-state index contributed by atoms with van der Waals surface area (Å²) in [6.45, 7) is 8.04. The summed E-state index contributed by atoms with van der Waals surface area (Å²) in [6, 6.07) is 14.0. The molecule has 1 atom stereocenters. The minimum absolute atomic E-state index is 0.0870. The fraction of sp³-hybridized carbons (Fsp3) is 0.400. The molecule has 2 aromatic rings. The number of phenols is 1. The lowest BCUT2D eigenvalue weighted by molar-refractivity contribution is -0.129. The first kappa shape index (κ1) is 24.9. The summed E-state index contributed by atoms with van der Waals surface area (Å²) >= 11 is 0. The van der Waals surface area contributed by atoms with Gasteiger partial charge in [0.05, 0.1) is 6.54 Å². The predicted molar refractivity (Wildman–Crippen MR) is 124 cm³/mol. The van der Waals surface area contributed by atoms with Crippen LogP contribution < -0.4 is 16.0 Å². The standard InChI is InChI=1S/C25H33N3O4/c1-17(29)27-16-23(31)28-22(15-19-7-11-21(30)12-8-19)24(32)26-14-13-18-5-9-20(10-6-18)25(2,3)4/h5-12,22,30H,13-16H2,1-4H3,(H,26,32)(H,27,29)(H,28,31)/t22-/m0/s1. The van der Waals surface area contributed by atoms with Gasteiger partial charge in [-0.2, -0.15) is 0 Å². The maximum atomic E-state index is 12.8. The molecule has 0 aliphatic carbocycles. The summed E-state index contributed by atoms with van der Waals surface area (Å²) in [5.74, 6) is -0.948. The van der Waals surface area contributed by atoms with E-state index in [0.717, 1.165) is 11.1 Å². The first-order chi connectivity index (χ1) is 15.0. The first-order valence-electron chi connectivity index (χ1n) is 10.7. The molecule has 32 heavy (non-hydrogen) atoms. The summed E-state index contributed by atoms with van der Waals surface area (Å²) in [4.78, 5) is 36.0. The summed E-state index contributed by atoms with van der Waals surface area (Å²) in [6.07, 6.45) is 0.931. The number of nitrogens with one attached hydrogen (secondary N) is 3. The van der Waals surface area contributed by atoms with E-state index in [-0.39, 0.29) is 35.9 Å². The maximum Gasteiger partial charge on any atom is 0.242 e. The van der Waals surface area contributed by atoms with Crippen LogP contribution in [0.5, 0.6) is 5.75 Å². The molecule has 7 heteroatoms. The number of amides is 3. The Hall–Kier alpha value is -3.35. The molecule has 0 fully saturated rings. The number of hydrogen-bond acceptors (Lipinski definition) is 4. The van der Waals surface area contributed by atoms with Crippen molar-refractivity contribution in [2.45, 2.75) is 52.0 Å². The van der Waals surface area contributed by atoms with Gasteiger partial charge in [0.25, 0.3) is 0 Å². The van der Waals surface area contributed by atoms with E-state index in [1.54, 1.807) is 12.1 Å². The normalized spacial score (nSPS) is 12.0. The molecule has 0 spiro atoms. The van der Waals surface area contributed by atoms with Crippen LogP contribution in [0.15, 0.2) is 48.5 Å². The number of benzene rings is 2. The van der Waals surface area contributed by atoms with E-state index in [0.29, 0.717) is 13.0 Å². The molecule has 4 N–H and O–H groups in total. The van der Waals surface area contributed by atoms with Gasteiger partial charge >= 0.3 is 0 Å². The van der Waals surface area contributed by atoms with Crippen molar-refractivity contribution >= 4 is 17.7 Å². The third-order valence-electron chi connectivity index (χ3n) is 5.06. The highest BCUT2D eigenvalue weighted by atomic mass is 16.3. The van der Waals surface area contributed by atoms with Gasteiger partial charge in [0.1, 0.15) is 11.8 Å².